The number of aromatic nitrogens is 2. The van der Waals surface area contributed by atoms with Gasteiger partial charge in [-0.2, -0.15) is 0 Å². The van der Waals surface area contributed by atoms with E-state index in [1.165, 1.54) is 19.3 Å². The molecule has 150 valence electrons. The summed E-state index contributed by atoms with van der Waals surface area (Å²) in [7, 11) is 1.62. The topological polar surface area (TPSA) is 85.4 Å². The van der Waals surface area contributed by atoms with E-state index in [1.807, 2.05) is 24.3 Å². The number of nitrogens with one attached hydrogen (secondary N) is 2. The Kier molecular flexibility index (Phi) is 7.06. The zero-order chi connectivity index (χ0) is 19.8. The van der Waals surface area contributed by atoms with Crippen LogP contribution in [0.4, 0.5) is 5.82 Å². The van der Waals surface area contributed by atoms with Crippen LogP contribution in [0, 0.1) is 6.92 Å². The highest BCUT2D eigenvalue weighted by Crippen LogP contribution is 2.21. The molecule has 0 atom stereocenters. The lowest BCUT2D eigenvalue weighted by molar-refractivity contribution is 0.0941. The standard InChI is InChI=1S/C21H28N4O3/c1-15-23-19(14-20(24-15)25-16-6-4-3-5-7-16)21(26)22-12-13-28-18-10-8-17(27-2)9-11-18/h8-11,14,16H,3-7,12-13H2,1-2H3,(H,22,26)(H,23,24,25). The zero-order valence-electron chi connectivity index (χ0n) is 16.5. The second kappa shape index (κ2) is 9.92. The first-order valence-electron chi connectivity index (χ1n) is 9.81. The number of carbonyl (C=O) groups is 1. The molecule has 1 amide bonds. The summed E-state index contributed by atoms with van der Waals surface area (Å²) in [5.74, 6) is 2.58. The molecule has 0 aliphatic heterocycles. The van der Waals surface area contributed by atoms with E-state index in [0.29, 0.717) is 30.7 Å². The molecule has 0 saturated heterocycles. The summed E-state index contributed by atoms with van der Waals surface area (Å²) in [6, 6.07) is 9.48. The van der Waals surface area contributed by atoms with Gasteiger partial charge >= 0.3 is 0 Å². The number of rotatable bonds is 8. The molecule has 0 bridgehead atoms. The summed E-state index contributed by atoms with van der Waals surface area (Å²) in [6.07, 6.45) is 6.07. The molecule has 28 heavy (non-hydrogen) atoms. The molecule has 7 heteroatoms. The molecule has 1 aromatic heterocycles. The summed E-state index contributed by atoms with van der Waals surface area (Å²) in [5.41, 5.74) is 0.371. The van der Waals surface area contributed by atoms with E-state index in [2.05, 4.69) is 20.6 Å². The summed E-state index contributed by atoms with van der Waals surface area (Å²) in [4.78, 5) is 21.1. The van der Waals surface area contributed by atoms with Crippen molar-refractivity contribution in [1.82, 2.24) is 15.3 Å². The smallest absolute Gasteiger partial charge is 0.270 e. The molecular formula is C21H28N4O3. The molecule has 1 saturated carbocycles. The van der Waals surface area contributed by atoms with E-state index in [1.54, 1.807) is 20.1 Å². The average molecular weight is 384 g/mol. The first-order valence-corrected chi connectivity index (χ1v) is 9.81. The summed E-state index contributed by atoms with van der Waals surface area (Å²) in [5, 5.41) is 6.29. The Hall–Kier alpha value is -2.83. The van der Waals surface area contributed by atoms with E-state index in [9.17, 15) is 4.79 Å². The number of carbonyl (C=O) groups excluding carboxylic acids is 1. The van der Waals surface area contributed by atoms with Gasteiger partial charge in [0.05, 0.1) is 13.7 Å². The van der Waals surface area contributed by atoms with Crippen LogP contribution in [0.2, 0.25) is 0 Å². The van der Waals surface area contributed by atoms with Crippen molar-refractivity contribution < 1.29 is 14.3 Å². The maximum atomic E-state index is 12.4. The van der Waals surface area contributed by atoms with Crippen LogP contribution in [0.15, 0.2) is 30.3 Å². The van der Waals surface area contributed by atoms with E-state index in [0.717, 1.165) is 30.2 Å². The van der Waals surface area contributed by atoms with E-state index >= 15 is 0 Å². The number of amides is 1. The highest BCUT2D eigenvalue weighted by Gasteiger charge is 2.16. The van der Waals surface area contributed by atoms with Gasteiger partial charge in [-0.3, -0.25) is 4.79 Å². The maximum Gasteiger partial charge on any atom is 0.270 e. The second-order valence-electron chi connectivity index (χ2n) is 6.94. The van der Waals surface area contributed by atoms with Gasteiger partial charge in [-0.05, 0) is 44.0 Å². The number of ether oxygens (including phenoxy) is 2. The lowest BCUT2D eigenvalue weighted by atomic mass is 9.95. The van der Waals surface area contributed by atoms with E-state index in [-0.39, 0.29) is 5.91 Å². The lowest BCUT2D eigenvalue weighted by Crippen LogP contribution is -2.29. The number of aryl methyl sites for hydroxylation is 1. The highest BCUT2D eigenvalue weighted by molar-refractivity contribution is 5.92. The monoisotopic (exact) mass is 384 g/mol. The molecule has 3 rings (SSSR count). The highest BCUT2D eigenvalue weighted by atomic mass is 16.5. The van der Waals surface area contributed by atoms with Gasteiger partial charge in [0.2, 0.25) is 0 Å². The summed E-state index contributed by atoms with van der Waals surface area (Å²) in [6.45, 7) is 2.56. The van der Waals surface area contributed by atoms with Crippen molar-refractivity contribution in [2.45, 2.75) is 45.1 Å². The van der Waals surface area contributed by atoms with Gasteiger partial charge in [0, 0.05) is 12.1 Å². The fraction of sp³-hybridized carbons (Fsp3) is 0.476. The lowest BCUT2D eigenvalue weighted by Gasteiger charge is -2.23. The Labute approximate surface area is 165 Å². The van der Waals surface area contributed by atoms with E-state index in [4.69, 9.17) is 9.47 Å². The minimum Gasteiger partial charge on any atom is -0.497 e. The van der Waals surface area contributed by atoms with Gasteiger partial charge in [0.15, 0.2) is 0 Å². The van der Waals surface area contributed by atoms with Gasteiger partial charge in [-0.15, -0.1) is 0 Å². The van der Waals surface area contributed by atoms with Crippen molar-refractivity contribution in [2.24, 2.45) is 0 Å². The van der Waals surface area contributed by atoms with Crippen LogP contribution < -0.4 is 20.1 Å². The maximum absolute atomic E-state index is 12.4. The van der Waals surface area contributed by atoms with Crippen molar-refractivity contribution >= 4 is 11.7 Å². The Morgan fingerprint density at radius 3 is 2.54 bits per heavy atom. The van der Waals surface area contributed by atoms with Crippen LogP contribution in [-0.2, 0) is 0 Å². The quantitative estimate of drug-likeness (QED) is 0.679. The normalized spacial score (nSPS) is 14.4. The molecule has 1 heterocycles. The first kappa shape index (κ1) is 19.9. The second-order valence-corrected chi connectivity index (χ2v) is 6.94. The number of nitrogens with zero attached hydrogens (tertiary/aromatic N) is 2. The molecule has 2 N–H and O–H groups in total. The number of methoxy groups -OCH3 is 1. The van der Waals surface area contributed by atoms with Gasteiger partial charge < -0.3 is 20.1 Å². The SMILES string of the molecule is COc1ccc(OCCNC(=O)c2cc(NC3CCCCC3)nc(C)n2)cc1. The summed E-state index contributed by atoms with van der Waals surface area (Å²) >= 11 is 0. The van der Waals surface area contributed by atoms with E-state index < -0.39 is 0 Å². The predicted molar refractivity (Wildman–Crippen MR) is 108 cm³/mol. The number of anilines is 1. The fourth-order valence-electron chi connectivity index (χ4n) is 3.31. The van der Waals surface area contributed by atoms with Crippen LogP contribution >= 0.6 is 0 Å². The molecule has 7 nitrogen and oxygen atoms in total. The molecule has 0 spiro atoms. The van der Waals surface area contributed by atoms with Gasteiger partial charge in [0.1, 0.15) is 35.4 Å². The Morgan fingerprint density at radius 2 is 1.82 bits per heavy atom. The minimum atomic E-state index is -0.226. The first-order chi connectivity index (χ1) is 13.6. The third-order valence-electron chi connectivity index (χ3n) is 4.74. The Balaban J connectivity index is 1.48. The zero-order valence-corrected chi connectivity index (χ0v) is 16.5. The largest absolute Gasteiger partial charge is 0.497 e. The number of hydrogen-bond acceptors (Lipinski definition) is 6. The molecule has 2 aromatic rings. The minimum absolute atomic E-state index is 0.226. The predicted octanol–water partition coefficient (Wildman–Crippen LogP) is 3.35. The molecule has 0 radical (unpaired) electrons. The average Bonchev–Trinajstić information content (AvgIpc) is 2.72. The molecule has 1 fully saturated rings. The van der Waals surface area contributed by atoms with Crippen LogP contribution in [0.5, 0.6) is 11.5 Å². The van der Waals surface area contributed by atoms with Crippen molar-refractivity contribution in [3.05, 3.63) is 41.9 Å². The molecule has 1 aliphatic carbocycles. The fourth-order valence-corrected chi connectivity index (χ4v) is 3.31. The third-order valence-corrected chi connectivity index (χ3v) is 4.74. The Morgan fingerprint density at radius 1 is 1.11 bits per heavy atom. The van der Waals surface area contributed by atoms with Gasteiger partial charge in [-0.25, -0.2) is 9.97 Å². The third kappa shape index (κ3) is 5.84. The van der Waals surface area contributed by atoms with Crippen LogP contribution in [0.3, 0.4) is 0 Å². The van der Waals surface area contributed by atoms with Crippen molar-refractivity contribution in [3.8, 4) is 11.5 Å². The number of benzene rings is 1. The van der Waals surface area contributed by atoms with Crippen molar-refractivity contribution in [3.63, 3.8) is 0 Å². The molecule has 1 aromatic carbocycles. The van der Waals surface area contributed by atoms with Gasteiger partial charge in [0.25, 0.3) is 5.91 Å². The Bertz CT molecular complexity index is 774. The van der Waals surface area contributed by atoms with Crippen LogP contribution in [0.1, 0.15) is 48.4 Å². The number of hydrogen-bond donors (Lipinski definition) is 2. The van der Waals surface area contributed by atoms with Gasteiger partial charge in [-0.1, -0.05) is 19.3 Å². The van der Waals surface area contributed by atoms with Crippen molar-refractivity contribution in [1.29, 1.82) is 0 Å². The van der Waals surface area contributed by atoms with Crippen LogP contribution in [-0.4, -0.2) is 42.2 Å². The van der Waals surface area contributed by atoms with Crippen molar-refractivity contribution in [2.75, 3.05) is 25.6 Å². The molecule has 0 unspecified atom stereocenters. The van der Waals surface area contributed by atoms with Crippen LogP contribution in [0.25, 0.3) is 0 Å². The molecular weight excluding hydrogens is 356 g/mol. The summed E-state index contributed by atoms with van der Waals surface area (Å²) < 4.78 is 10.7. The molecule has 1 aliphatic rings.